The van der Waals surface area contributed by atoms with Crippen LogP contribution in [0, 0.1) is 62.3 Å². The molecule has 0 unspecified atom stereocenters. The molecule has 0 aromatic heterocycles. The Balaban J connectivity index is -0.000000447. The first-order valence-corrected chi connectivity index (χ1v) is 13.3. The molecule has 0 aliphatic heterocycles. The largest absolute Gasteiger partial charge is 3.00 e. The maximum Gasteiger partial charge on any atom is 3.00 e. The van der Waals surface area contributed by atoms with E-state index in [2.05, 4.69) is 60.6 Å². The van der Waals surface area contributed by atoms with Crippen LogP contribution in [-0.2, 0) is 39.7 Å². The van der Waals surface area contributed by atoms with Gasteiger partial charge in [-0.15, -0.1) is 0 Å². The third-order valence-electron chi connectivity index (χ3n) is 5.68. The fourth-order valence-corrected chi connectivity index (χ4v) is 2.88. The quantitative estimate of drug-likeness (QED) is 0.120. The van der Waals surface area contributed by atoms with Gasteiger partial charge in [0.1, 0.15) is 0 Å². The molecule has 0 amide bonds. The molecule has 2 rings (SSSR count). The van der Waals surface area contributed by atoms with Crippen molar-refractivity contribution in [2.24, 2.45) is 0 Å². The Morgan fingerprint density at radius 2 is 0.718 bits per heavy atom. The standard InChI is InChI=1S/C12H18.C9H13N.2CHF3O3S.Ru/c1-7-8(2)10(4)12(6)11(5)9(7)3;1-6-4-7(2)9(10)8(3)5-6;2*2-1(3,4)8(5,6)7;/h1-6H3;4-5H,10H2,1-3H3;2*(H,5,6,7);/q;;;;+3/p-2. The number of hydrogen-bond acceptors (Lipinski definition) is 7. The molecule has 0 atom stereocenters. The summed E-state index contributed by atoms with van der Waals surface area (Å²) in [6.07, 6.45) is 0. The van der Waals surface area contributed by atoms with Gasteiger partial charge in [0.2, 0.25) is 0 Å². The SMILES string of the molecule is Cc1c(C)c(C)c(C)c(C)c1C.Cc1cc(C)c(N)c(C)c1.O=S(=O)([O-])C(F)(F)F.O=S(=O)([O-])C(F)(F)F.[Ru+3]. The van der Waals surface area contributed by atoms with Gasteiger partial charge < -0.3 is 14.8 Å². The molecule has 225 valence electrons. The first-order valence-electron chi connectivity index (χ1n) is 10.5. The first-order chi connectivity index (χ1) is 16.6. The summed E-state index contributed by atoms with van der Waals surface area (Å²) < 4.78 is 118. The topological polar surface area (TPSA) is 140 Å². The number of aryl methyl sites for hydroxylation is 3. The smallest absolute Gasteiger partial charge is 0.741 e. The Morgan fingerprint density at radius 1 is 0.564 bits per heavy atom. The molecule has 7 nitrogen and oxygen atoms in total. The Bertz CT molecular complexity index is 1170. The van der Waals surface area contributed by atoms with Gasteiger partial charge in [-0.25, -0.2) is 16.8 Å². The van der Waals surface area contributed by atoms with E-state index >= 15 is 0 Å². The van der Waals surface area contributed by atoms with Crippen LogP contribution in [0.1, 0.15) is 50.1 Å². The Hall–Kier alpha value is -1.74. The molecule has 0 heterocycles. The molecule has 1 radical (unpaired) electrons. The van der Waals surface area contributed by atoms with Crippen molar-refractivity contribution in [3.8, 4) is 0 Å². The minimum Gasteiger partial charge on any atom is -0.741 e. The number of nitrogen functional groups attached to an aromatic ring is 1. The molecule has 0 aliphatic carbocycles. The van der Waals surface area contributed by atoms with Crippen molar-refractivity contribution in [3.63, 3.8) is 0 Å². The fourth-order valence-electron chi connectivity index (χ4n) is 2.88. The second-order valence-electron chi connectivity index (χ2n) is 8.36. The number of anilines is 1. The van der Waals surface area contributed by atoms with Crippen LogP contribution in [0.3, 0.4) is 0 Å². The van der Waals surface area contributed by atoms with Gasteiger partial charge in [-0.1, -0.05) is 17.7 Å². The summed E-state index contributed by atoms with van der Waals surface area (Å²) in [6, 6.07) is 4.20. The third-order valence-corrected chi connectivity index (χ3v) is 6.81. The molecule has 0 spiro atoms. The van der Waals surface area contributed by atoms with Crippen LogP contribution < -0.4 is 5.73 Å². The van der Waals surface area contributed by atoms with Crippen molar-refractivity contribution in [2.45, 2.75) is 73.3 Å². The number of benzene rings is 2. The van der Waals surface area contributed by atoms with Gasteiger partial charge >= 0.3 is 30.5 Å². The van der Waals surface area contributed by atoms with Crippen molar-refractivity contribution in [2.75, 3.05) is 5.73 Å². The summed E-state index contributed by atoms with van der Waals surface area (Å²) in [5.74, 6) is 0. The molecule has 2 aromatic carbocycles. The zero-order valence-corrected chi connectivity index (χ0v) is 26.0. The Labute approximate surface area is 238 Å². The predicted octanol–water partition coefficient (Wildman–Crippen LogP) is 5.83. The molecule has 0 aliphatic rings. The van der Waals surface area contributed by atoms with Crippen LogP contribution in [0.5, 0.6) is 0 Å². The molecule has 0 saturated carbocycles. The van der Waals surface area contributed by atoms with Crippen LogP contribution in [0.15, 0.2) is 12.1 Å². The second kappa shape index (κ2) is 15.3. The number of halogens is 6. The average Bonchev–Trinajstić information content (AvgIpc) is 2.72. The Morgan fingerprint density at radius 3 is 0.846 bits per heavy atom. The van der Waals surface area contributed by atoms with Gasteiger partial charge in [0.05, 0.1) is 0 Å². The predicted molar refractivity (Wildman–Crippen MR) is 131 cm³/mol. The van der Waals surface area contributed by atoms with Crippen LogP contribution in [0.2, 0.25) is 0 Å². The number of rotatable bonds is 0. The molecule has 0 fully saturated rings. The molecule has 0 saturated heterocycles. The van der Waals surface area contributed by atoms with Crippen LogP contribution in [0.25, 0.3) is 0 Å². The molecular weight excluding hydrogens is 665 g/mol. The van der Waals surface area contributed by atoms with Gasteiger partial charge in [0.25, 0.3) is 0 Å². The van der Waals surface area contributed by atoms with Crippen LogP contribution in [-0.4, -0.2) is 37.0 Å². The van der Waals surface area contributed by atoms with E-state index in [1.165, 1.54) is 50.1 Å². The first kappa shape index (κ1) is 41.7. The van der Waals surface area contributed by atoms with Crippen molar-refractivity contribution in [1.29, 1.82) is 0 Å². The summed E-state index contributed by atoms with van der Waals surface area (Å²) in [6.45, 7) is 19.4. The summed E-state index contributed by atoms with van der Waals surface area (Å²) in [5, 5.41) is 0. The van der Waals surface area contributed by atoms with Crippen molar-refractivity contribution in [1.82, 2.24) is 0 Å². The van der Waals surface area contributed by atoms with E-state index in [0.717, 1.165) is 5.69 Å². The van der Waals surface area contributed by atoms with Gasteiger partial charge in [0, 0.05) is 5.69 Å². The maximum atomic E-state index is 10.7. The summed E-state index contributed by atoms with van der Waals surface area (Å²) >= 11 is 0. The van der Waals surface area contributed by atoms with E-state index < -0.39 is 31.3 Å². The van der Waals surface area contributed by atoms with E-state index in [-0.39, 0.29) is 19.5 Å². The molecule has 16 heteroatoms. The van der Waals surface area contributed by atoms with Crippen LogP contribution >= 0.6 is 0 Å². The Kier molecular flexibility index (Phi) is 16.4. The van der Waals surface area contributed by atoms with Crippen LogP contribution in [0.4, 0.5) is 32.0 Å². The monoisotopic (exact) mass is 697 g/mol. The number of hydrogen-bond donors (Lipinski definition) is 1. The minimum atomic E-state index is -6.09. The second-order valence-corrected chi connectivity index (χ2v) is 11.1. The van der Waals surface area contributed by atoms with Gasteiger partial charge in [0.15, 0.2) is 20.2 Å². The summed E-state index contributed by atoms with van der Waals surface area (Å²) in [5.41, 5.74) is 7.74. The van der Waals surface area contributed by atoms with E-state index in [1.54, 1.807) is 0 Å². The molecular formula is C23H31F6NO6RuS2+. The average molecular weight is 697 g/mol. The van der Waals surface area contributed by atoms with Crippen molar-refractivity contribution < 1.29 is 71.8 Å². The maximum absolute atomic E-state index is 10.7. The molecule has 2 aromatic rings. The van der Waals surface area contributed by atoms with Gasteiger partial charge in [-0.05, 0) is 107 Å². The zero-order valence-electron chi connectivity index (χ0n) is 22.6. The van der Waals surface area contributed by atoms with E-state index in [9.17, 15) is 26.3 Å². The minimum absolute atomic E-state index is 0. The summed E-state index contributed by atoms with van der Waals surface area (Å²) in [7, 11) is -12.2. The zero-order chi connectivity index (χ0) is 31.2. The van der Waals surface area contributed by atoms with E-state index in [0.29, 0.717) is 0 Å². The van der Waals surface area contributed by atoms with E-state index in [1.807, 2.05) is 13.8 Å². The number of alkyl halides is 6. The normalized spacial score (nSPS) is 11.5. The third kappa shape index (κ3) is 13.4. The molecule has 39 heavy (non-hydrogen) atoms. The molecule has 0 bridgehead atoms. The number of nitrogens with two attached hydrogens (primary N) is 1. The van der Waals surface area contributed by atoms with Crippen molar-refractivity contribution >= 4 is 25.9 Å². The molecule has 2 N–H and O–H groups in total. The van der Waals surface area contributed by atoms with Gasteiger partial charge in [-0.3, -0.25) is 0 Å². The van der Waals surface area contributed by atoms with E-state index in [4.69, 9.17) is 31.7 Å². The fraction of sp³-hybridized carbons (Fsp3) is 0.478. The van der Waals surface area contributed by atoms with Gasteiger partial charge in [-0.2, -0.15) is 26.3 Å². The summed E-state index contributed by atoms with van der Waals surface area (Å²) in [4.78, 5) is 0. The van der Waals surface area contributed by atoms with Crippen molar-refractivity contribution in [3.05, 3.63) is 62.2 Å².